The fraction of sp³-hybridized carbons (Fsp3) is 0.333. The molecule has 2 aromatic rings. The van der Waals surface area contributed by atoms with Gasteiger partial charge in [-0.1, -0.05) is 25.4 Å². The highest BCUT2D eigenvalue weighted by atomic mass is 35.5. The maximum atomic E-state index is 13.6. The normalized spacial score (nSPS) is 19.8. The van der Waals surface area contributed by atoms with Gasteiger partial charge in [0.15, 0.2) is 5.78 Å². The monoisotopic (exact) mass is 514 g/mol. The number of thiophene rings is 1. The van der Waals surface area contributed by atoms with Gasteiger partial charge in [-0.3, -0.25) is 19.8 Å². The summed E-state index contributed by atoms with van der Waals surface area (Å²) in [7, 11) is 0. The second-order valence-electron chi connectivity index (χ2n) is 9.18. The van der Waals surface area contributed by atoms with E-state index in [4.69, 9.17) is 17.3 Å². The molecular weight excluding hydrogens is 492 g/mol. The van der Waals surface area contributed by atoms with Crippen molar-refractivity contribution in [3.05, 3.63) is 72.5 Å². The van der Waals surface area contributed by atoms with E-state index in [1.54, 1.807) is 28.0 Å². The van der Waals surface area contributed by atoms with Crippen LogP contribution in [0.2, 0.25) is 5.02 Å². The Morgan fingerprint density at radius 3 is 2.65 bits per heavy atom. The number of halogens is 1. The van der Waals surface area contributed by atoms with Crippen molar-refractivity contribution in [3.8, 4) is 6.07 Å². The molecule has 1 aliphatic heterocycles. The molecule has 10 heteroatoms. The summed E-state index contributed by atoms with van der Waals surface area (Å²) in [6, 6.07) is 8.40. The molecule has 1 atom stereocenters. The van der Waals surface area contributed by atoms with Crippen LogP contribution in [0.1, 0.15) is 43.0 Å². The number of nitriles is 1. The van der Waals surface area contributed by atoms with Crippen molar-refractivity contribution < 1.29 is 9.72 Å². The number of allylic oxidation sites excluding steroid dienone is 3. The largest absolute Gasteiger partial charge is 0.384 e. The third-order valence-corrected chi connectivity index (χ3v) is 8.63. The molecule has 0 saturated heterocycles. The van der Waals surface area contributed by atoms with E-state index in [1.165, 1.54) is 18.2 Å². The first-order chi connectivity index (χ1) is 16.0. The fourth-order valence-corrected chi connectivity index (χ4v) is 6.93. The number of rotatable bonds is 4. The second kappa shape index (κ2) is 8.77. The zero-order chi connectivity index (χ0) is 24.9. The Labute approximate surface area is 211 Å². The second-order valence-corrected chi connectivity index (χ2v) is 11.9. The summed E-state index contributed by atoms with van der Waals surface area (Å²) in [6.07, 6.45) is 2.86. The van der Waals surface area contributed by atoms with Crippen LogP contribution in [0, 0.1) is 33.8 Å². The van der Waals surface area contributed by atoms with Crippen LogP contribution in [-0.2, 0) is 4.79 Å². The molecule has 34 heavy (non-hydrogen) atoms. The van der Waals surface area contributed by atoms with Gasteiger partial charge < -0.3 is 5.73 Å². The number of nitrogens with two attached hydrogens (primary N) is 1. The number of hydrogen-bond donors (Lipinski definition) is 1. The number of benzene rings is 1. The molecule has 1 aromatic carbocycles. The Kier molecular flexibility index (Phi) is 6.27. The predicted molar refractivity (Wildman–Crippen MR) is 136 cm³/mol. The predicted octanol–water partition coefficient (Wildman–Crippen LogP) is 6.28. The molecule has 0 fully saturated rings. The minimum absolute atomic E-state index is 0.0320. The quantitative estimate of drug-likeness (QED) is 0.290. The summed E-state index contributed by atoms with van der Waals surface area (Å²) in [5.74, 6) is -0.414. The minimum Gasteiger partial charge on any atom is -0.384 e. The van der Waals surface area contributed by atoms with Gasteiger partial charge in [-0.05, 0) is 42.7 Å². The van der Waals surface area contributed by atoms with Gasteiger partial charge in [-0.2, -0.15) is 5.26 Å². The highest BCUT2D eigenvalue weighted by molar-refractivity contribution is 8.00. The highest BCUT2D eigenvalue weighted by Gasteiger charge is 2.45. The Bertz CT molecular complexity index is 1340. The Morgan fingerprint density at radius 1 is 1.35 bits per heavy atom. The molecule has 0 radical (unpaired) electrons. The van der Waals surface area contributed by atoms with Crippen LogP contribution < -0.4 is 10.6 Å². The highest BCUT2D eigenvalue weighted by Crippen LogP contribution is 2.53. The van der Waals surface area contributed by atoms with E-state index in [0.29, 0.717) is 29.8 Å². The fourth-order valence-electron chi connectivity index (χ4n) is 4.76. The number of carbonyl (C=O) groups excluding carboxylic acids is 1. The molecule has 4 rings (SSSR count). The van der Waals surface area contributed by atoms with Gasteiger partial charge in [-0.15, -0.1) is 23.1 Å². The first-order valence-corrected chi connectivity index (χ1v) is 13.0. The summed E-state index contributed by atoms with van der Waals surface area (Å²) in [4.78, 5) is 27.1. The number of Topliss-reactive ketones (excluding diaryl/α,β-unsaturated/α-hetero) is 1. The van der Waals surface area contributed by atoms with E-state index in [0.717, 1.165) is 14.6 Å². The lowest BCUT2D eigenvalue weighted by molar-refractivity contribution is -0.384. The van der Waals surface area contributed by atoms with Crippen molar-refractivity contribution in [2.45, 2.75) is 43.7 Å². The summed E-state index contributed by atoms with van der Waals surface area (Å²) in [6.45, 7) is 6.03. The van der Waals surface area contributed by atoms with Crippen LogP contribution in [0.4, 0.5) is 11.4 Å². The zero-order valence-corrected chi connectivity index (χ0v) is 21.5. The van der Waals surface area contributed by atoms with Gasteiger partial charge >= 0.3 is 0 Å². The average molecular weight is 515 g/mol. The molecule has 0 saturated carbocycles. The number of non-ortho nitro benzene ring substituents is 1. The van der Waals surface area contributed by atoms with Crippen molar-refractivity contribution in [1.82, 2.24) is 0 Å². The van der Waals surface area contributed by atoms with Crippen molar-refractivity contribution in [2.24, 2.45) is 11.1 Å². The van der Waals surface area contributed by atoms with Crippen molar-refractivity contribution in [2.75, 3.05) is 11.2 Å². The first kappa shape index (κ1) is 24.3. The van der Waals surface area contributed by atoms with E-state index in [2.05, 4.69) is 6.07 Å². The molecule has 7 nitrogen and oxygen atoms in total. The molecular formula is C24H23ClN4O3S2. The molecule has 2 heterocycles. The number of hydrogen-bond acceptors (Lipinski definition) is 8. The molecule has 1 aliphatic carbocycles. The lowest BCUT2D eigenvalue weighted by Gasteiger charge is -2.44. The number of nitro benzene ring substituents is 1. The van der Waals surface area contributed by atoms with Crippen LogP contribution in [0.3, 0.4) is 0 Å². The smallest absolute Gasteiger partial charge is 0.271 e. The SMILES string of the molecule is CSc1sc(C)cc1[C@H]1C(C#N)=C(N)N(c2ccc([N+](=O)[O-])cc2Cl)C2=C1C(=O)CC(C)(C)C2. The zero-order valence-electron chi connectivity index (χ0n) is 19.1. The van der Waals surface area contributed by atoms with Crippen molar-refractivity contribution in [3.63, 3.8) is 0 Å². The molecule has 2 N–H and O–H groups in total. The van der Waals surface area contributed by atoms with Crippen LogP contribution in [0.25, 0.3) is 0 Å². The topological polar surface area (TPSA) is 113 Å². The van der Waals surface area contributed by atoms with Gasteiger partial charge in [0.2, 0.25) is 0 Å². The summed E-state index contributed by atoms with van der Waals surface area (Å²) < 4.78 is 1.04. The Hall–Kier alpha value is -2.80. The van der Waals surface area contributed by atoms with E-state index < -0.39 is 10.8 Å². The van der Waals surface area contributed by atoms with E-state index in [1.807, 2.05) is 33.1 Å². The third-order valence-electron chi connectivity index (χ3n) is 6.11. The van der Waals surface area contributed by atoms with E-state index in [-0.39, 0.29) is 33.3 Å². The van der Waals surface area contributed by atoms with Gasteiger partial charge in [0, 0.05) is 34.7 Å². The Morgan fingerprint density at radius 2 is 2.06 bits per heavy atom. The van der Waals surface area contributed by atoms with Crippen LogP contribution in [0.15, 0.2) is 51.1 Å². The lowest BCUT2D eigenvalue weighted by atomic mass is 9.69. The maximum absolute atomic E-state index is 13.6. The van der Waals surface area contributed by atoms with Crippen LogP contribution in [-0.4, -0.2) is 17.0 Å². The number of ketones is 1. The van der Waals surface area contributed by atoms with Crippen molar-refractivity contribution in [1.29, 1.82) is 5.26 Å². The maximum Gasteiger partial charge on any atom is 0.271 e. The average Bonchev–Trinajstić information content (AvgIpc) is 3.13. The molecule has 1 aromatic heterocycles. The standard InChI is InChI=1S/C24H23ClN4O3S2/c1-12-7-14(23(33-4)34-12)20-15(11-26)22(27)28(17-6-5-13(29(31)32)8-16(17)25)18-9-24(2,3)10-19(30)21(18)20/h5-8,20H,9-10,27H2,1-4H3/t20-/m0/s1. The number of nitrogens with zero attached hydrogens (tertiary/aromatic N) is 3. The Balaban J connectivity index is 2.02. The number of carbonyl (C=O) groups is 1. The first-order valence-electron chi connectivity index (χ1n) is 10.5. The van der Waals surface area contributed by atoms with E-state index >= 15 is 0 Å². The summed E-state index contributed by atoms with van der Waals surface area (Å²) in [5.41, 5.74) is 8.98. The molecule has 0 spiro atoms. The van der Waals surface area contributed by atoms with Crippen LogP contribution in [0.5, 0.6) is 0 Å². The van der Waals surface area contributed by atoms with E-state index in [9.17, 15) is 20.2 Å². The van der Waals surface area contributed by atoms with Gasteiger partial charge in [0.1, 0.15) is 5.82 Å². The minimum atomic E-state index is -0.566. The number of anilines is 1. The number of nitro groups is 1. The molecule has 0 unspecified atom stereocenters. The third kappa shape index (κ3) is 4.00. The van der Waals surface area contributed by atoms with Crippen molar-refractivity contribution >= 4 is 51.9 Å². The van der Waals surface area contributed by atoms with Gasteiger partial charge in [0.25, 0.3) is 5.69 Å². The molecule has 176 valence electrons. The van der Waals surface area contributed by atoms with Gasteiger partial charge in [-0.25, -0.2) is 0 Å². The molecule has 2 aliphatic rings. The lowest BCUT2D eigenvalue weighted by Crippen LogP contribution is -2.42. The van der Waals surface area contributed by atoms with Gasteiger partial charge in [0.05, 0.1) is 37.4 Å². The molecule has 0 bridgehead atoms. The summed E-state index contributed by atoms with van der Waals surface area (Å²) >= 11 is 9.69. The molecule has 0 amide bonds. The summed E-state index contributed by atoms with van der Waals surface area (Å²) in [5, 5.41) is 21.6. The number of aryl methyl sites for hydroxylation is 1. The number of thioether (sulfide) groups is 1. The van der Waals surface area contributed by atoms with Crippen LogP contribution >= 0.6 is 34.7 Å².